The molecule has 19 heavy (non-hydrogen) atoms. The molecular formula is C13H19Cl3FNO. The zero-order valence-corrected chi connectivity index (χ0v) is 13.2. The molecule has 6 heteroatoms. The number of aliphatic hydroxyl groups excluding tert-OH is 1. The van der Waals surface area contributed by atoms with Crippen LogP contribution in [0, 0.1) is 11.7 Å². The summed E-state index contributed by atoms with van der Waals surface area (Å²) in [6.45, 7) is 4.09. The van der Waals surface area contributed by atoms with Crippen LogP contribution in [0.5, 0.6) is 0 Å². The molecular weight excluding hydrogens is 312 g/mol. The number of halogens is 4. The normalized spacial score (nSPS) is 14.1. The summed E-state index contributed by atoms with van der Waals surface area (Å²) < 4.78 is 13.9. The highest BCUT2D eigenvalue weighted by atomic mass is 35.5. The summed E-state index contributed by atoms with van der Waals surface area (Å²) in [5.74, 6) is -0.202. The number of rotatable bonds is 5. The molecule has 0 spiro atoms. The van der Waals surface area contributed by atoms with Crippen molar-refractivity contribution in [3.8, 4) is 0 Å². The van der Waals surface area contributed by atoms with E-state index in [1.165, 1.54) is 12.1 Å². The Morgan fingerprint density at radius 3 is 2.26 bits per heavy atom. The number of hydrogen-bond donors (Lipinski definition) is 2. The quantitative estimate of drug-likeness (QED) is 0.788. The highest BCUT2D eigenvalue weighted by Crippen LogP contribution is 2.32. The van der Waals surface area contributed by atoms with Crippen LogP contribution in [0.15, 0.2) is 12.1 Å². The third kappa shape index (κ3) is 5.09. The van der Waals surface area contributed by atoms with Gasteiger partial charge in [-0.2, -0.15) is 0 Å². The molecule has 0 aromatic heterocycles. The van der Waals surface area contributed by atoms with Gasteiger partial charge in [-0.1, -0.05) is 37.0 Å². The number of nitrogens with two attached hydrogens (primary N) is 1. The molecule has 1 aromatic rings. The van der Waals surface area contributed by atoms with Crippen LogP contribution in [0.3, 0.4) is 0 Å². The zero-order valence-electron chi connectivity index (χ0n) is 10.9. The molecule has 0 amide bonds. The first kappa shape index (κ1) is 18.9. The number of aliphatic hydroxyl groups is 1. The Morgan fingerprint density at radius 1 is 1.21 bits per heavy atom. The largest absolute Gasteiger partial charge is 0.391 e. The van der Waals surface area contributed by atoms with E-state index in [4.69, 9.17) is 28.9 Å². The van der Waals surface area contributed by atoms with Crippen molar-refractivity contribution in [3.05, 3.63) is 33.6 Å². The highest BCUT2D eigenvalue weighted by Gasteiger charge is 2.24. The summed E-state index contributed by atoms with van der Waals surface area (Å²) >= 11 is 11.6. The van der Waals surface area contributed by atoms with Crippen molar-refractivity contribution in [2.24, 2.45) is 11.7 Å². The first-order valence-corrected chi connectivity index (χ1v) is 6.67. The van der Waals surface area contributed by atoms with E-state index < -0.39 is 18.0 Å². The lowest BCUT2D eigenvalue weighted by molar-refractivity contribution is 0.127. The Hall–Kier alpha value is -0.0600. The van der Waals surface area contributed by atoms with Crippen LogP contribution in [0.25, 0.3) is 0 Å². The summed E-state index contributed by atoms with van der Waals surface area (Å²) in [6, 6.07) is 1.99. The van der Waals surface area contributed by atoms with Crippen LogP contribution in [0.1, 0.15) is 38.3 Å². The number of hydrogen-bond acceptors (Lipinski definition) is 2. The summed E-state index contributed by atoms with van der Waals surface area (Å²) in [7, 11) is 0. The van der Waals surface area contributed by atoms with Crippen LogP contribution in [0.4, 0.5) is 4.39 Å². The molecule has 1 rings (SSSR count). The lowest BCUT2D eigenvalue weighted by atomic mass is 9.95. The molecule has 110 valence electrons. The monoisotopic (exact) mass is 329 g/mol. The Bertz CT molecular complexity index is 415. The molecule has 0 saturated carbocycles. The predicted octanol–water partition coefficient (Wildman–Crippen LogP) is 4.35. The topological polar surface area (TPSA) is 46.2 Å². The molecule has 0 aliphatic heterocycles. The van der Waals surface area contributed by atoms with Crippen molar-refractivity contribution in [1.82, 2.24) is 0 Å². The van der Waals surface area contributed by atoms with Gasteiger partial charge in [-0.05, 0) is 30.9 Å². The van der Waals surface area contributed by atoms with E-state index in [0.717, 1.165) is 6.42 Å². The molecule has 0 fully saturated rings. The van der Waals surface area contributed by atoms with Crippen LogP contribution >= 0.6 is 35.6 Å². The van der Waals surface area contributed by atoms with E-state index in [9.17, 15) is 9.50 Å². The molecule has 2 atom stereocenters. The van der Waals surface area contributed by atoms with E-state index >= 15 is 0 Å². The molecule has 0 radical (unpaired) electrons. The average Bonchev–Trinajstić information content (AvgIpc) is 2.31. The fourth-order valence-electron chi connectivity index (χ4n) is 1.72. The third-order valence-corrected chi connectivity index (χ3v) is 3.49. The first-order chi connectivity index (χ1) is 8.34. The minimum Gasteiger partial charge on any atom is -0.391 e. The summed E-state index contributed by atoms with van der Waals surface area (Å²) in [4.78, 5) is 0. The maximum atomic E-state index is 13.9. The molecule has 0 aliphatic carbocycles. The first-order valence-electron chi connectivity index (χ1n) is 5.91. The van der Waals surface area contributed by atoms with Crippen molar-refractivity contribution in [3.63, 3.8) is 0 Å². The Morgan fingerprint density at radius 2 is 1.74 bits per heavy atom. The van der Waals surface area contributed by atoms with Crippen molar-refractivity contribution in [2.75, 3.05) is 0 Å². The average molecular weight is 331 g/mol. The highest BCUT2D eigenvalue weighted by molar-refractivity contribution is 6.33. The smallest absolute Gasteiger partial charge is 0.148 e. The SMILES string of the molecule is CC(C)CC[C@H](O)[C@H](N)c1c(Cl)ccc(Cl)c1F.Cl. The van der Waals surface area contributed by atoms with Crippen molar-refractivity contribution in [1.29, 1.82) is 0 Å². The van der Waals surface area contributed by atoms with Crippen LogP contribution in [-0.2, 0) is 0 Å². The Balaban J connectivity index is 0.00000324. The maximum Gasteiger partial charge on any atom is 0.148 e. The van der Waals surface area contributed by atoms with Gasteiger partial charge in [0.25, 0.3) is 0 Å². The second-order valence-electron chi connectivity index (χ2n) is 4.82. The third-order valence-electron chi connectivity index (χ3n) is 2.87. The van der Waals surface area contributed by atoms with Gasteiger partial charge in [0.05, 0.1) is 17.2 Å². The fraction of sp³-hybridized carbons (Fsp3) is 0.538. The standard InChI is InChI=1S/C13H18Cl2FNO.ClH/c1-7(2)3-6-10(18)13(17)11-8(14)4-5-9(15)12(11)16;/h4-5,7,10,13,18H,3,6,17H2,1-2H3;1H/t10-,13-;/m0./s1. The second-order valence-corrected chi connectivity index (χ2v) is 5.64. The molecule has 0 heterocycles. The van der Waals surface area contributed by atoms with Crippen LogP contribution in [-0.4, -0.2) is 11.2 Å². The van der Waals surface area contributed by atoms with Crippen LogP contribution < -0.4 is 5.73 Å². The lowest BCUT2D eigenvalue weighted by Crippen LogP contribution is -2.27. The van der Waals surface area contributed by atoms with E-state index in [2.05, 4.69) is 0 Å². The minimum absolute atomic E-state index is 0. The van der Waals surface area contributed by atoms with Gasteiger partial charge < -0.3 is 10.8 Å². The van der Waals surface area contributed by atoms with E-state index in [1.807, 2.05) is 13.8 Å². The van der Waals surface area contributed by atoms with Crippen molar-refractivity contribution in [2.45, 2.75) is 38.8 Å². The van der Waals surface area contributed by atoms with Gasteiger partial charge in [0.2, 0.25) is 0 Å². The van der Waals surface area contributed by atoms with Crippen molar-refractivity contribution < 1.29 is 9.50 Å². The fourth-order valence-corrected chi connectivity index (χ4v) is 2.16. The lowest BCUT2D eigenvalue weighted by Gasteiger charge is -2.21. The predicted molar refractivity (Wildman–Crippen MR) is 80.7 cm³/mol. The van der Waals surface area contributed by atoms with Crippen LogP contribution in [0.2, 0.25) is 10.0 Å². The van der Waals surface area contributed by atoms with Gasteiger partial charge >= 0.3 is 0 Å². The molecule has 2 nitrogen and oxygen atoms in total. The van der Waals surface area contributed by atoms with E-state index in [1.54, 1.807) is 0 Å². The van der Waals surface area contributed by atoms with Gasteiger partial charge in [0.1, 0.15) is 5.82 Å². The molecule has 0 saturated heterocycles. The van der Waals surface area contributed by atoms with Gasteiger partial charge in [0, 0.05) is 10.6 Å². The van der Waals surface area contributed by atoms with Gasteiger partial charge in [-0.15, -0.1) is 12.4 Å². The summed E-state index contributed by atoms with van der Waals surface area (Å²) in [6.07, 6.45) is 0.480. The molecule has 3 N–H and O–H groups in total. The molecule has 0 bridgehead atoms. The minimum atomic E-state index is -0.866. The molecule has 0 unspecified atom stereocenters. The summed E-state index contributed by atoms with van der Waals surface area (Å²) in [5, 5.41) is 10.1. The second kappa shape index (κ2) is 8.28. The van der Waals surface area contributed by atoms with E-state index in [0.29, 0.717) is 12.3 Å². The zero-order chi connectivity index (χ0) is 13.9. The maximum absolute atomic E-state index is 13.9. The van der Waals surface area contributed by atoms with Gasteiger partial charge in [-0.25, -0.2) is 4.39 Å². The Labute approximate surface area is 129 Å². The summed E-state index contributed by atoms with van der Waals surface area (Å²) in [5.41, 5.74) is 5.95. The van der Waals surface area contributed by atoms with E-state index in [-0.39, 0.29) is 28.0 Å². The molecule has 0 aliphatic rings. The Kier molecular flexibility index (Phi) is 8.25. The van der Waals surface area contributed by atoms with Gasteiger partial charge in [0.15, 0.2) is 0 Å². The molecule has 1 aromatic carbocycles. The van der Waals surface area contributed by atoms with Gasteiger partial charge in [-0.3, -0.25) is 0 Å². The number of benzene rings is 1. The van der Waals surface area contributed by atoms with Crippen molar-refractivity contribution >= 4 is 35.6 Å².